The quantitative estimate of drug-likeness (QED) is 0.750. The molecule has 0 unspecified atom stereocenters. The van der Waals surface area contributed by atoms with E-state index in [1.807, 2.05) is 75.4 Å². The Hall–Kier alpha value is -2.53. The highest BCUT2D eigenvalue weighted by molar-refractivity contribution is 5.68. The molecule has 0 saturated heterocycles. The van der Waals surface area contributed by atoms with E-state index in [4.69, 9.17) is 14.2 Å². The number of benzene rings is 2. The molecule has 0 aliphatic rings. The number of carbonyl (C=O) groups is 1. The van der Waals surface area contributed by atoms with E-state index in [2.05, 4.69) is 5.32 Å². The van der Waals surface area contributed by atoms with Gasteiger partial charge in [-0.2, -0.15) is 0 Å². The highest BCUT2D eigenvalue weighted by Gasteiger charge is 2.20. The van der Waals surface area contributed by atoms with Crippen molar-refractivity contribution in [3.8, 4) is 5.75 Å². The van der Waals surface area contributed by atoms with Crippen LogP contribution in [0.25, 0.3) is 0 Å². The fraction of sp³-hybridized carbons (Fsp3) is 0.409. The Labute approximate surface area is 161 Å². The van der Waals surface area contributed by atoms with Gasteiger partial charge < -0.3 is 19.5 Å². The maximum absolute atomic E-state index is 12.2. The Morgan fingerprint density at radius 1 is 1.00 bits per heavy atom. The minimum Gasteiger partial charge on any atom is -0.497 e. The van der Waals surface area contributed by atoms with Gasteiger partial charge in [0.15, 0.2) is 0 Å². The van der Waals surface area contributed by atoms with Gasteiger partial charge in [-0.3, -0.25) is 0 Å². The zero-order chi connectivity index (χ0) is 19.7. The first-order valence-corrected chi connectivity index (χ1v) is 9.10. The van der Waals surface area contributed by atoms with Gasteiger partial charge in [0, 0.05) is 0 Å². The number of ether oxygens (including phenoxy) is 3. The van der Waals surface area contributed by atoms with E-state index >= 15 is 0 Å². The molecule has 1 amide bonds. The van der Waals surface area contributed by atoms with Crippen molar-refractivity contribution < 1.29 is 19.0 Å². The Kier molecular flexibility index (Phi) is 7.67. The number of rotatable bonds is 8. The molecule has 0 bridgehead atoms. The monoisotopic (exact) mass is 371 g/mol. The SMILES string of the molecule is COc1ccc(COC[C@H](Cc2ccccc2)NC(=O)OC(C)(C)C)cc1. The second-order valence-electron chi connectivity index (χ2n) is 7.40. The molecule has 1 atom stereocenters. The summed E-state index contributed by atoms with van der Waals surface area (Å²) in [5.41, 5.74) is 1.64. The Balaban J connectivity index is 1.92. The molecule has 2 aromatic carbocycles. The van der Waals surface area contributed by atoms with Crippen LogP contribution in [0.4, 0.5) is 4.79 Å². The predicted molar refractivity (Wildman–Crippen MR) is 106 cm³/mol. The molecule has 1 N–H and O–H groups in total. The summed E-state index contributed by atoms with van der Waals surface area (Å²) in [4.78, 5) is 12.2. The number of alkyl carbamates (subject to hydrolysis) is 1. The second kappa shape index (κ2) is 9.97. The molecule has 146 valence electrons. The summed E-state index contributed by atoms with van der Waals surface area (Å²) < 4.78 is 16.4. The normalized spacial score (nSPS) is 12.3. The highest BCUT2D eigenvalue weighted by Crippen LogP contribution is 2.13. The standard InChI is InChI=1S/C22H29NO4/c1-22(2,3)27-21(24)23-19(14-17-8-6-5-7-9-17)16-26-15-18-10-12-20(25-4)13-11-18/h5-13,19H,14-16H2,1-4H3,(H,23,24)/t19-/m0/s1. The van der Waals surface area contributed by atoms with Crippen LogP contribution in [0.3, 0.4) is 0 Å². The van der Waals surface area contributed by atoms with E-state index in [9.17, 15) is 4.79 Å². The van der Waals surface area contributed by atoms with Crippen LogP contribution in [0.1, 0.15) is 31.9 Å². The molecule has 0 fully saturated rings. The number of nitrogens with one attached hydrogen (secondary N) is 1. The molecule has 2 aromatic rings. The summed E-state index contributed by atoms with van der Waals surface area (Å²) in [5.74, 6) is 0.812. The van der Waals surface area contributed by atoms with Gasteiger partial charge in [-0.25, -0.2) is 4.79 Å². The van der Waals surface area contributed by atoms with Gasteiger partial charge >= 0.3 is 6.09 Å². The summed E-state index contributed by atoms with van der Waals surface area (Å²) in [7, 11) is 1.64. The van der Waals surface area contributed by atoms with Crippen LogP contribution in [0.15, 0.2) is 54.6 Å². The zero-order valence-corrected chi connectivity index (χ0v) is 16.5. The molecule has 0 aromatic heterocycles. The average molecular weight is 371 g/mol. The van der Waals surface area contributed by atoms with Gasteiger partial charge in [0.25, 0.3) is 0 Å². The number of hydrogen-bond acceptors (Lipinski definition) is 4. The summed E-state index contributed by atoms with van der Waals surface area (Å²) in [6.07, 6.45) is 0.236. The minimum absolute atomic E-state index is 0.180. The lowest BCUT2D eigenvalue weighted by Gasteiger charge is -2.24. The van der Waals surface area contributed by atoms with E-state index in [0.29, 0.717) is 19.6 Å². The molecular formula is C22H29NO4. The lowest BCUT2D eigenvalue weighted by molar-refractivity contribution is 0.0429. The number of methoxy groups -OCH3 is 1. The third-order valence-electron chi connectivity index (χ3n) is 3.79. The molecule has 27 heavy (non-hydrogen) atoms. The first-order chi connectivity index (χ1) is 12.9. The second-order valence-corrected chi connectivity index (χ2v) is 7.40. The van der Waals surface area contributed by atoms with Crippen LogP contribution in [0, 0.1) is 0 Å². The first-order valence-electron chi connectivity index (χ1n) is 9.10. The van der Waals surface area contributed by atoms with E-state index in [-0.39, 0.29) is 6.04 Å². The summed E-state index contributed by atoms with van der Waals surface area (Å²) >= 11 is 0. The lowest BCUT2D eigenvalue weighted by atomic mass is 10.1. The molecule has 5 nitrogen and oxygen atoms in total. The maximum Gasteiger partial charge on any atom is 0.407 e. The van der Waals surface area contributed by atoms with Crippen LogP contribution in [0.2, 0.25) is 0 Å². The van der Waals surface area contributed by atoms with E-state index in [0.717, 1.165) is 16.9 Å². The molecule has 0 aliphatic heterocycles. The maximum atomic E-state index is 12.2. The van der Waals surface area contributed by atoms with Crippen molar-refractivity contribution in [2.24, 2.45) is 0 Å². The zero-order valence-electron chi connectivity index (χ0n) is 16.5. The summed E-state index contributed by atoms with van der Waals surface area (Å²) in [6.45, 7) is 6.39. The predicted octanol–water partition coefficient (Wildman–Crippen LogP) is 4.35. The van der Waals surface area contributed by atoms with Crippen molar-refractivity contribution >= 4 is 6.09 Å². The number of carbonyl (C=O) groups excluding carboxylic acids is 1. The van der Waals surface area contributed by atoms with Gasteiger partial charge in [0.1, 0.15) is 11.4 Å². The Bertz CT molecular complexity index is 693. The minimum atomic E-state index is -0.536. The largest absolute Gasteiger partial charge is 0.497 e. The molecule has 0 saturated carbocycles. The van der Waals surface area contributed by atoms with Gasteiger partial charge in [0.05, 0.1) is 26.4 Å². The Morgan fingerprint density at radius 2 is 1.67 bits per heavy atom. The molecule has 5 heteroatoms. The lowest BCUT2D eigenvalue weighted by Crippen LogP contribution is -2.42. The summed E-state index contributed by atoms with van der Waals surface area (Å²) in [6, 6.07) is 17.6. The molecule has 0 spiro atoms. The van der Waals surface area contributed by atoms with Crippen LogP contribution in [0.5, 0.6) is 5.75 Å². The number of amides is 1. The highest BCUT2D eigenvalue weighted by atomic mass is 16.6. The van der Waals surface area contributed by atoms with E-state index < -0.39 is 11.7 Å². The smallest absolute Gasteiger partial charge is 0.407 e. The fourth-order valence-corrected chi connectivity index (χ4v) is 2.57. The van der Waals surface area contributed by atoms with Crippen molar-refractivity contribution in [1.82, 2.24) is 5.32 Å². The van der Waals surface area contributed by atoms with Crippen LogP contribution < -0.4 is 10.1 Å². The first kappa shape index (κ1) is 20.8. The topological polar surface area (TPSA) is 56.8 Å². The fourth-order valence-electron chi connectivity index (χ4n) is 2.57. The third kappa shape index (κ3) is 8.13. The molecule has 2 rings (SSSR count). The van der Waals surface area contributed by atoms with Crippen LogP contribution in [-0.4, -0.2) is 31.5 Å². The van der Waals surface area contributed by atoms with Crippen molar-refractivity contribution in [1.29, 1.82) is 0 Å². The van der Waals surface area contributed by atoms with Crippen LogP contribution in [-0.2, 0) is 22.5 Å². The van der Waals surface area contributed by atoms with Crippen molar-refractivity contribution in [3.63, 3.8) is 0 Å². The van der Waals surface area contributed by atoms with E-state index in [1.165, 1.54) is 0 Å². The van der Waals surface area contributed by atoms with Gasteiger partial charge in [-0.1, -0.05) is 42.5 Å². The van der Waals surface area contributed by atoms with Crippen molar-refractivity contribution in [2.75, 3.05) is 13.7 Å². The average Bonchev–Trinajstić information content (AvgIpc) is 2.61. The Morgan fingerprint density at radius 3 is 2.26 bits per heavy atom. The van der Waals surface area contributed by atoms with Crippen molar-refractivity contribution in [3.05, 3.63) is 65.7 Å². The van der Waals surface area contributed by atoms with Crippen molar-refractivity contribution in [2.45, 2.75) is 45.4 Å². The number of hydrogen-bond donors (Lipinski definition) is 1. The van der Waals surface area contributed by atoms with E-state index in [1.54, 1.807) is 7.11 Å². The van der Waals surface area contributed by atoms with Gasteiger partial charge in [-0.05, 0) is 50.5 Å². The third-order valence-corrected chi connectivity index (χ3v) is 3.79. The van der Waals surface area contributed by atoms with Gasteiger partial charge in [-0.15, -0.1) is 0 Å². The molecule has 0 aliphatic carbocycles. The van der Waals surface area contributed by atoms with Crippen LogP contribution >= 0.6 is 0 Å². The molecule has 0 radical (unpaired) electrons. The van der Waals surface area contributed by atoms with Gasteiger partial charge in [0.2, 0.25) is 0 Å². The molecule has 0 heterocycles. The summed E-state index contributed by atoms with van der Waals surface area (Å²) in [5, 5.41) is 2.92. The molecular weight excluding hydrogens is 342 g/mol.